The Morgan fingerprint density at radius 2 is 1.88 bits per heavy atom. The van der Waals surface area contributed by atoms with Crippen LogP contribution >= 0.6 is 0 Å². The minimum Gasteiger partial charge on any atom is -0.494 e. The molecule has 2 rings (SSSR count). The summed E-state index contributed by atoms with van der Waals surface area (Å²) in [5, 5.41) is 11.8. The van der Waals surface area contributed by atoms with Crippen LogP contribution < -0.4 is 10.1 Å². The van der Waals surface area contributed by atoms with Gasteiger partial charge in [-0.1, -0.05) is 0 Å². The summed E-state index contributed by atoms with van der Waals surface area (Å²) >= 11 is 0. The van der Waals surface area contributed by atoms with E-state index < -0.39 is 21.3 Å². The summed E-state index contributed by atoms with van der Waals surface area (Å²) in [7, 11) is -3.23. The number of hydrogen-bond acceptors (Lipinski definition) is 5. The number of benzene rings is 1. The van der Waals surface area contributed by atoms with Gasteiger partial charge >= 0.3 is 5.97 Å². The Bertz CT molecular complexity index is 722. The Kier molecular flexibility index (Phi) is 6.05. The standard InChI is InChI=1S/C17H23NO6S/c1-25(22,23)14-7-5-13(6-8-14)24-11-2-4-15(19)18-17(9-3-10-17)12-16(20)21/h5-8H,2-4,9-12H2,1H3,(H,18,19)(H,20,21). The first-order valence-electron chi connectivity index (χ1n) is 8.16. The Morgan fingerprint density at radius 3 is 2.36 bits per heavy atom. The summed E-state index contributed by atoms with van der Waals surface area (Å²) in [6.07, 6.45) is 4.18. The highest BCUT2D eigenvalue weighted by atomic mass is 32.2. The van der Waals surface area contributed by atoms with Crippen LogP contribution in [0.2, 0.25) is 0 Å². The van der Waals surface area contributed by atoms with Gasteiger partial charge in [0.15, 0.2) is 9.84 Å². The average molecular weight is 369 g/mol. The minimum absolute atomic E-state index is 0.0398. The van der Waals surface area contributed by atoms with Crippen molar-refractivity contribution < 1.29 is 27.9 Å². The van der Waals surface area contributed by atoms with E-state index in [1.54, 1.807) is 12.1 Å². The molecular formula is C17H23NO6S. The lowest BCUT2D eigenvalue weighted by Gasteiger charge is -2.41. The number of carboxylic acid groups (broad SMARTS) is 1. The predicted molar refractivity (Wildman–Crippen MR) is 91.3 cm³/mol. The van der Waals surface area contributed by atoms with Gasteiger partial charge in [-0.3, -0.25) is 9.59 Å². The van der Waals surface area contributed by atoms with Crippen molar-refractivity contribution >= 4 is 21.7 Å². The first-order valence-corrected chi connectivity index (χ1v) is 10.1. The molecule has 0 radical (unpaired) electrons. The molecule has 0 atom stereocenters. The Labute approximate surface area is 147 Å². The van der Waals surface area contributed by atoms with Crippen molar-refractivity contribution in [1.82, 2.24) is 5.32 Å². The van der Waals surface area contributed by atoms with E-state index in [9.17, 15) is 18.0 Å². The highest BCUT2D eigenvalue weighted by molar-refractivity contribution is 7.90. The third-order valence-corrected chi connectivity index (χ3v) is 5.40. The summed E-state index contributed by atoms with van der Waals surface area (Å²) < 4.78 is 28.2. The van der Waals surface area contributed by atoms with E-state index >= 15 is 0 Å². The van der Waals surface area contributed by atoms with Crippen molar-refractivity contribution in [1.29, 1.82) is 0 Å². The van der Waals surface area contributed by atoms with Gasteiger partial charge in [0.2, 0.25) is 5.91 Å². The topological polar surface area (TPSA) is 110 Å². The fourth-order valence-electron chi connectivity index (χ4n) is 2.80. The summed E-state index contributed by atoms with van der Waals surface area (Å²) in [6, 6.07) is 6.10. The second-order valence-corrected chi connectivity index (χ2v) is 8.46. The third kappa shape index (κ3) is 5.74. The predicted octanol–water partition coefficient (Wildman–Crippen LogP) is 1.76. The van der Waals surface area contributed by atoms with Crippen LogP contribution in [0, 0.1) is 0 Å². The van der Waals surface area contributed by atoms with Crippen molar-refractivity contribution in [2.24, 2.45) is 0 Å². The molecule has 138 valence electrons. The molecule has 25 heavy (non-hydrogen) atoms. The lowest BCUT2D eigenvalue weighted by molar-refractivity contribution is -0.140. The summed E-state index contributed by atoms with van der Waals surface area (Å²) in [4.78, 5) is 23.1. The Morgan fingerprint density at radius 1 is 1.24 bits per heavy atom. The largest absolute Gasteiger partial charge is 0.494 e. The van der Waals surface area contributed by atoms with Crippen LogP contribution in [0.1, 0.15) is 38.5 Å². The lowest BCUT2D eigenvalue weighted by Crippen LogP contribution is -2.54. The van der Waals surface area contributed by atoms with E-state index in [0.717, 1.165) is 12.7 Å². The normalized spacial score (nSPS) is 15.9. The van der Waals surface area contributed by atoms with E-state index in [4.69, 9.17) is 9.84 Å². The van der Waals surface area contributed by atoms with Gasteiger partial charge < -0.3 is 15.2 Å². The number of ether oxygens (including phenoxy) is 1. The summed E-state index contributed by atoms with van der Waals surface area (Å²) in [6.45, 7) is 0.317. The molecule has 1 saturated carbocycles. The molecule has 0 heterocycles. The molecule has 1 amide bonds. The van der Waals surface area contributed by atoms with E-state index in [0.29, 0.717) is 31.6 Å². The molecule has 1 aliphatic rings. The Hall–Kier alpha value is -2.09. The van der Waals surface area contributed by atoms with Gasteiger partial charge in [-0.2, -0.15) is 0 Å². The molecule has 8 heteroatoms. The van der Waals surface area contributed by atoms with Crippen LogP contribution in [0.15, 0.2) is 29.2 Å². The number of sulfone groups is 1. The van der Waals surface area contributed by atoms with Gasteiger partial charge in [-0.15, -0.1) is 0 Å². The molecule has 0 bridgehead atoms. The van der Waals surface area contributed by atoms with Gasteiger partial charge in [0.1, 0.15) is 5.75 Å². The van der Waals surface area contributed by atoms with Gasteiger partial charge in [-0.05, 0) is 49.9 Å². The average Bonchev–Trinajstić information content (AvgIpc) is 2.48. The van der Waals surface area contributed by atoms with Crippen molar-refractivity contribution in [3.8, 4) is 5.75 Å². The third-order valence-electron chi connectivity index (χ3n) is 4.27. The van der Waals surface area contributed by atoms with E-state index in [1.165, 1.54) is 12.1 Å². The maximum absolute atomic E-state index is 12.0. The molecule has 0 spiro atoms. The van der Waals surface area contributed by atoms with Crippen LogP contribution in [0.5, 0.6) is 5.75 Å². The second kappa shape index (κ2) is 7.86. The molecule has 2 N–H and O–H groups in total. The molecular weight excluding hydrogens is 346 g/mol. The number of carbonyl (C=O) groups excluding carboxylic acids is 1. The highest BCUT2D eigenvalue weighted by Crippen LogP contribution is 2.35. The van der Waals surface area contributed by atoms with Gasteiger partial charge in [0, 0.05) is 12.7 Å². The molecule has 0 aliphatic heterocycles. The molecule has 0 saturated heterocycles. The molecule has 1 aromatic rings. The number of nitrogens with one attached hydrogen (secondary N) is 1. The van der Waals surface area contributed by atoms with Crippen LogP contribution in [0.4, 0.5) is 0 Å². The molecule has 0 unspecified atom stereocenters. The van der Waals surface area contributed by atoms with Crippen molar-refractivity contribution in [2.45, 2.75) is 49.0 Å². The van der Waals surface area contributed by atoms with Crippen LogP contribution in [-0.4, -0.2) is 43.8 Å². The monoisotopic (exact) mass is 369 g/mol. The van der Waals surface area contributed by atoms with Gasteiger partial charge in [0.05, 0.1) is 23.5 Å². The lowest BCUT2D eigenvalue weighted by atomic mass is 9.74. The minimum atomic E-state index is -3.23. The first-order chi connectivity index (χ1) is 11.7. The Balaban J connectivity index is 1.72. The SMILES string of the molecule is CS(=O)(=O)c1ccc(OCCCC(=O)NC2(CC(=O)O)CCC2)cc1. The number of rotatable bonds is 9. The van der Waals surface area contributed by atoms with Gasteiger partial charge in [0.25, 0.3) is 0 Å². The maximum Gasteiger partial charge on any atom is 0.305 e. The zero-order valence-corrected chi connectivity index (χ0v) is 15.0. The van der Waals surface area contributed by atoms with E-state index in [-0.39, 0.29) is 23.6 Å². The molecule has 7 nitrogen and oxygen atoms in total. The summed E-state index contributed by atoms with van der Waals surface area (Å²) in [5.41, 5.74) is -0.578. The molecule has 1 aliphatic carbocycles. The fourth-order valence-corrected chi connectivity index (χ4v) is 3.43. The smallest absolute Gasteiger partial charge is 0.305 e. The number of amides is 1. The van der Waals surface area contributed by atoms with E-state index in [1.807, 2.05) is 0 Å². The number of aliphatic carboxylic acids is 1. The first kappa shape index (κ1) is 19.2. The summed E-state index contributed by atoms with van der Waals surface area (Å²) in [5.74, 6) is -0.535. The number of hydrogen-bond donors (Lipinski definition) is 2. The zero-order chi connectivity index (χ0) is 18.5. The van der Waals surface area contributed by atoms with E-state index in [2.05, 4.69) is 5.32 Å². The number of carbonyl (C=O) groups is 2. The van der Waals surface area contributed by atoms with Crippen molar-refractivity contribution in [3.05, 3.63) is 24.3 Å². The molecule has 1 fully saturated rings. The zero-order valence-electron chi connectivity index (χ0n) is 14.2. The molecule has 0 aromatic heterocycles. The van der Waals surface area contributed by atoms with Crippen LogP contribution in [-0.2, 0) is 19.4 Å². The second-order valence-electron chi connectivity index (χ2n) is 6.45. The van der Waals surface area contributed by atoms with Crippen molar-refractivity contribution in [3.63, 3.8) is 0 Å². The maximum atomic E-state index is 12.0. The van der Waals surface area contributed by atoms with Crippen LogP contribution in [0.25, 0.3) is 0 Å². The van der Waals surface area contributed by atoms with Crippen LogP contribution in [0.3, 0.4) is 0 Å². The number of carboxylic acids is 1. The fraction of sp³-hybridized carbons (Fsp3) is 0.529. The highest BCUT2D eigenvalue weighted by Gasteiger charge is 2.40. The van der Waals surface area contributed by atoms with Gasteiger partial charge in [-0.25, -0.2) is 8.42 Å². The quantitative estimate of drug-likeness (QED) is 0.642. The molecule has 1 aromatic carbocycles. The van der Waals surface area contributed by atoms with Crippen molar-refractivity contribution in [2.75, 3.05) is 12.9 Å².